The molecule has 0 fully saturated rings. The number of aromatic nitrogens is 2. The second-order valence-electron chi connectivity index (χ2n) is 6.22. The van der Waals surface area contributed by atoms with Gasteiger partial charge in [-0.2, -0.15) is 0 Å². The molecule has 0 aliphatic heterocycles. The highest BCUT2D eigenvalue weighted by molar-refractivity contribution is 7.99. The molecule has 0 radical (unpaired) electrons. The maximum Gasteiger partial charge on any atom is 0.269 e. The molecule has 1 N–H and O–H groups in total. The van der Waals surface area contributed by atoms with Crippen LogP contribution < -0.4 is 5.32 Å². The molecular formula is C21H16N4O3S. The summed E-state index contributed by atoms with van der Waals surface area (Å²) in [6, 6.07) is 19.8. The van der Waals surface area contributed by atoms with Crippen molar-refractivity contribution in [3.8, 4) is 5.69 Å². The number of hydrogen-bond acceptors (Lipinski definition) is 5. The first-order valence-electron chi connectivity index (χ1n) is 8.80. The van der Waals surface area contributed by atoms with Crippen molar-refractivity contribution in [1.29, 1.82) is 0 Å². The van der Waals surface area contributed by atoms with E-state index >= 15 is 0 Å². The first kappa shape index (κ1) is 18.7. The van der Waals surface area contributed by atoms with Gasteiger partial charge in [-0.25, -0.2) is 4.98 Å². The fraction of sp³-hybridized carbons (Fsp3) is 0.0476. The Morgan fingerprint density at radius 1 is 1.07 bits per heavy atom. The van der Waals surface area contributed by atoms with E-state index < -0.39 is 4.92 Å². The number of imidazole rings is 1. The van der Waals surface area contributed by atoms with Crippen LogP contribution in [0, 0.1) is 10.1 Å². The summed E-state index contributed by atoms with van der Waals surface area (Å²) in [7, 11) is 0. The predicted octanol–water partition coefficient (Wildman–Crippen LogP) is 4.66. The Balaban J connectivity index is 1.45. The van der Waals surface area contributed by atoms with Crippen molar-refractivity contribution in [2.75, 3.05) is 11.1 Å². The third-order valence-corrected chi connectivity index (χ3v) is 5.31. The summed E-state index contributed by atoms with van der Waals surface area (Å²) < 4.78 is 1.79. The summed E-state index contributed by atoms with van der Waals surface area (Å²) in [5.41, 5.74) is 1.54. The average Bonchev–Trinajstić information content (AvgIpc) is 3.21. The lowest BCUT2D eigenvalue weighted by atomic mass is 10.1. The lowest BCUT2D eigenvalue weighted by molar-refractivity contribution is -0.384. The molecule has 0 bridgehead atoms. The molecule has 0 aliphatic rings. The van der Waals surface area contributed by atoms with E-state index in [1.165, 1.54) is 23.9 Å². The van der Waals surface area contributed by atoms with Crippen LogP contribution in [0.1, 0.15) is 0 Å². The van der Waals surface area contributed by atoms with Gasteiger partial charge in [0.15, 0.2) is 5.16 Å². The number of amides is 1. The SMILES string of the molecule is O=C(CSc1nccn1-c1ccc([N+](=O)[O-])cc1)Nc1cccc2ccccc12. The van der Waals surface area contributed by atoms with Crippen LogP contribution in [0.25, 0.3) is 16.5 Å². The summed E-state index contributed by atoms with van der Waals surface area (Å²) in [5, 5.41) is 16.4. The number of hydrogen-bond donors (Lipinski definition) is 1. The third-order valence-electron chi connectivity index (χ3n) is 4.34. The number of anilines is 1. The van der Waals surface area contributed by atoms with Gasteiger partial charge >= 0.3 is 0 Å². The molecule has 29 heavy (non-hydrogen) atoms. The second kappa shape index (κ2) is 8.15. The number of thioether (sulfide) groups is 1. The number of nitro benzene ring substituents is 1. The van der Waals surface area contributed by atoms with Gasteiger partial charge < -0.3 is 5.32 Å². The number of carbonyl (C=O) groups is 1. The number of nitrogens with one attached hydrogen (secondary N) is 1. The van der Waals surface area contributed by atoms with Crippen LogP contribution in [-0.4, -0.2) is 26.1 Å². The van der Waals surface area contributed by atoms with E-state index in [-0.39, 0.29) is 17.3 Å². The van der Waals surface area contributed by atoms with Gasteiger partial charge in [0.25, 0.3) is 5.69 Å². The fourth-order valence-electron chi connectivity index (χ4n) is 2.98. The van der Waals surface area contributed by atoms with Gasteiger partial charge in [0, 0.05) is 41.3 Å². The molecule has 0 spiro atoms. The minimum absolute atomic E-state index is 0.0255. The summed E-state index contributed by atoms with van der Waals surface area (Å²) >= 11 is 1.30. The lowest BCUT2D eigenvalue weighted by Crippen LogP contribution is -2.14. The van der Waals surface area contributed by atoms with Crippen LogP contribution in [-0.2, 0) is 4.79 Å². The summed E-state index contributed by atoms with van der Waals surface area (Å²) in [6.45, 7) is 0. The van der Waals surface area contributed by atoms with E-state index in [2.05, 4.69) is 10.3 Å². The van der Waals surface area contributed by atoms with Crippen LogP contribution in [0.15, 0.2) is 84.3 Å². The minimum atomic E-state index is -0.440. The Labute approximate surface area is 170 Å². The highest BCUT2D eigenvalue weighted by atomic mass is 32.2. The zero-order valence-electron chi connectivity index (χ0n) is 15.2. The zero-order chi connectivity index (χ0) is 20.2. The highest BCUT2D eigenvalue weighted by Crippen LogP contribution is 2.25. The molecule has 3 aromatic carbocycles. The van der Waals surface area contributed by atoms with Gasteiger partial charge in [-0.3, -0.25) is 19.5 Å². The van der Waals surface area contributed by atoms with Crippen molar-refractivity contribution < 1.29 is 9.72 Å². The van der Waals surface area contributed by atoms with Crippen LogP contribution >= 0.6 is 11.8 Å². The lowest BCUT2D eigenvalue weighted by Gasteiger charge is -2.09. The number of non-ortho nitro benzene ring substituents is 1. The molecule has 0 aliphatic carbocycles. The van der Waals surface area contributed by atoms with Gasteiger partial charge in [0.05, 0.1) is 10.7 Å². The number of fused-ring (bicyclic) bond motifs is 1. The molecule has 1 amide bonds. The first-order valence-corrected chi connectivity index (χ1v) is 9.79. The summed E-state index contributed by atoms with van der Waals surface area (Å²) in [4.78, 5) is 27.1. The van der Waals surface area contributed by atoms with Crippen LogP contribution in [0.2, 0.25) is 0 Å². The Morgan fingerprint density at radius 3 is 2.62 bits per heavy atom. The van der Waals surface area contributed by atoms with Crippen LogP contribution in [0.4, 0.5) is 11.4 Å². The number of carbonyl (C=O) groups excluding carboxylic acids is 1. The van der Waals surface area contributed by atoms with E-state index in [0.29, 0.717) is 5.16 Å². The van der Waals surface area contributed by atoms with Crippen LogP contribution in [0.3, 0.4) is 0 Å². The second-order valence-corrected chi connectivity index (χ2v) is 7.16. The molecule has 7 nitrogen and oxygen atoms in total. The van der Waals surface area contributed by atoms with Gasteiger partial charge in [-0.15, -0.1) is 0 Å². The summed E-state index contributed by atoms with van der Waals surface area (Å²) in [5.74, 6) is 0.0531. The van der Waals surface area contributed by atoms with Crippen LogP contribution in [0.5, 0.6) is 0 Å². The van der Waals surface area contributed by atoms with Gasteiger partial charge in [-0.1, -0.05) is 48.2 Å². The molecule has 0 saturated heterocycles. The normalized spacial score (nSPS) is 10.8. The Hall–Kier alpha value is -3.65. The molecule has 8 heteroatoms. The molecule has 4 aromatic rings. The van der Waals surface area contributed by atoms with E-state index in [1.807, 2.05) is 42.5 Å². The maximum absolute atomic E-state index is 12.5. The smallest absolute Gasteiger partial charge is 0.269 e. The molecule has 144 valence electrons. The quantitative estimate of drug-likeness (QED) is 0.287. The largest absolute Gasteiger partial charge is 0.325 e. The van der Waals surface area contributed by atoms with Crippen molar-refractivity contribution in [2.24, 2.45) is 0 Å². The molecule has 1 aromatic heterocycles. The average molecular weight is 404 g/mol. The van der Waals surface area contributed by atoms with E-state index in [1.54, 1.807) is 29.1 Å². The molecule has 0 atom stereocenters. The first-order chi connectivity index (χ1) is 14.1. The molecule has 4 rings (SSSR count). The minimum Gasteiger partial charge on any atom is -0.325 e. The van der Waals surface area contributed by atoms with Gasteiger partial charge in [0.1, 0.15) is 0 Å². The topological polar surface area (TPSA) is 90.1 Å². The Kier molecular flexibility index (Phi) is 5.26. The predicted molar refractivity (Wildman–Crippen MR) is 114 cm³/mol. The van der Waals surface area contributed by atoms with Crippen molar-refractivity contribution in [3.05, 3.63) is 89.2 Å². The summed E-state index contributed by atoms with van der Waals surface area (Å²) in [6.07, 6.45) is 3.39. The monoisotopic (exact) mass is 404 g/mol. The molecule has 0 unspecified atom stereocenters. The van der Waals surface area contributed by atoms with Crippen molar-refractivity contribution >= 4 is 39.8 Å². The number of nitro groups is 1. The highest BCUT2D eigenvalue weighted by Gasteiger charge is 2.12. The standard InChI is InChI=1S/C21H16N4O3S/c26-20(23-19-7-3-5-15-4-1-2-6-18(15)19)14-29-21-22-12-13-24(21)16-8-10-17(11-9-16)25(27)28/h1-13H,14H2,(H,23,26). The van der Waals surface area contributed by atoms with E-state index in [0.717, 1.165) is 22.1 Å². The van der Waals surface area contributed by atoms with E-state index in [4.69, 9.17) is 0 Å². The fourth-order valence-corrected chi connectivity index (χ4v) is 3.75. The van der Waals surface area contributed by atoms with Crippen molar-refractivity contribution in [1.82, 2.24) is 9.55 Å². The maximum atomic E-state index is 12.5. The Morgan fingerprint density at radius 2 is 1.83 bits per heavy atom. The van der Waals surface area contributed by atoms with Crippen molar-refractivity contribution in [2.45, 2.75) is 5.16 Å². The zero-order valence-corrected chi connectivity index (χ0v) is 16.0. The number of rotatable bonds is 6. The Bertz CT molecular complexity index is 1180. The van der Waals surface area contributed by atoms with Crippen molar-refractivity contribution in [3.63, 3.8) is 0 Å². The number of nitrogens with zero attached hydrogens (tertiary/aromatic N) is 3. The molecule has 0 saturated carbocycles. The van der Waals surface area contributed by atoms with E-state index in [9.17, 15) is 14.9 Å². The number of benzene rings is 3. The third kappa shape index (κ3) is 4.12. The molecule has 1 heterocycles. The molecular weight excluding hydrogens is 388 g/mol. The van der Waals surface area contributed by atoms with Gasteiger partial charge in [0.2, 0.25) is 5.91 Å². The van der Waals surface area contributed by atoms with Gasteiger partial charge in [-0.05, 0) is 23.6 Å².